The molecule has 2 aromatic carbocycles. The quantitative estimate of drug-likeness (QED) is 0.251. The van der Waals surface area contributed by atoms with Gasteiger partial charge in [-0.15, -0.1) is 0 Å². The Morgan fingerprint density at radius 2 is 0.829 bits per heavy atom. The summed E-state index contributed by atoms with van der Waals surface area (Å²) in [6.07, 6.45) is 1.41. The number of nitrogens with zero attached hydrogens (tertiary/aromatic N) is 4. The second kappa shape index (κ2) is 11.7. The van der Waals surface area contributed by atoms with Gasteiger partial charge in [0.15, 0.2) is 0 Å². The summed E-state index contributed by atoms with van der Waals surface area (Å²) in [7, 11) is 0. The van der Waals surface area contributed by atoms with Gasteiger partial charge in [-0.3, -0.25) is 50.0 Å². The Bertz CT molecular complexity index is 1040. The lowest BCUT2D eigenvalue weighted by molar-refractivity contribution is -0.394. The van der Waals surface area contributed by atoms with Crippen LogP contribution in [0.25, 0.3) is 0 Å². The summed E-state index contributed by atoms with van der Waals surface area (Å²) in [6.45, 7) is 0.306. The first kappa shape index (κ1) is 26.2. The zero-order valence-electron chi connectivity index (χ0n) is 17.9. The minimum Gasteiger partial charge on any atom is -0.352 e. The molecule has 0 aliphatic carbocycles. The number of carbonyl (C=O) groups excluding carboxylic acids is 2. The van der Waals surface area contributed by atoms with Gasteiger partial charge < -0.3 is 10.6 Å². The molecule has 2 N–H and O–H groups in total. The molecular weight excluding hydrogens is 472 g/mol. The van der Waals surface area contributed by atoms with Crippen molar-refractivity contribution in [2.75, 3.05) is 13.1 Å². The van der Waals surface area contributed by atoms with Gasteiger partial charge in [0.2, 0.25) is 0 Å². The fraction of sp³-hybridized carbons (Fsp3) is 0.263. The zero-order valence-corrected chi connectivity index (χ0v) is 17.9. The Morgan fingerprint density at radius 1 is 0.543 bits per heavy atom. The van der Waals surface area contributed by atoms with Crippen LogP contribution in [0.4, 0.5) is 22.7 Å². The second-order valence-corrected chi connectivity index (χ2v) is 7.08. The van der Waals surface area contributed by atoms with E-state index in [4.69, 9.17) is 0 Å². The summed E-state index contributed by atoms with van der Waals surface area (Å²) in [4.78, 5) is 64.6. The van der Waals surface area contributed by atoms with Crippen molar-refractivity contribution in [1.29, 1.82) is 0 Å². The number of benzene rings is 2. The molecule has 0 heterocycles. The lowest BCUT2D eigenvalue weighted by Crippen LogP contribution is -2.26. The first-order valence-corrected chi connectivity index (χ1v) is 9.93. The number of hydrogen-bond acceptors (Lipinski definition) is 10. The highest BCUT2D eigenvalue weighted by Gasteiger charge is 2.21. The normalized spacial score (nSPS) is 10.3. The maximum Gasteiger partial charge on any atom is 0.277 e. The van der Waals surface area contributed by atoms with Crippen molar-refractivity contribution < 1.29 is 29.3 Å². The smallest absolute Gasteiger partial charge is 0.277 e. The van der Waals surface area contributed by atoms with E-state index in [0.29, 0.717) is 19.3 Å². The van der Waals surface area contributed by atoms with Crippen molar-refractivity contribution in [3.8, 4) is 0 Å². The van der Waals surface area contributed by atoms with Gasteiger partial charge in [0.05, 0.1) is 43.0 Å². The molecule has 0 saturated carbocycles. The fourth-order valence-electron chi connectivity index (χ4n) is 2.91. The van der Waals surface area contributed by atoms with Gasteiger partial charge in [0, 0.05) is 37.4 Å². The average Bonchev–Trinajstić information content (AvgIpc) is 2.82. The Balaban J connectivity index is 1.81. The van der Waals surface area contributed by atoms with Crippen molar-refractivity contribution in [3.63, 3.8) is 0 Å². The number of nitro groups is 4. The van der Waals surface area contributed by atoms with E-state index >= 15 is 0 Å². The van der Waals surface area contributed by atoms with Gasteiger partial charge in [-0.05, 0) is 19.3 Å². The SMILES string of the molecule is O=C(NCCCCCNC(=O)c1cc([N+](=O)[O-])cc([N+](=O)[O-])c1)c1cc([N+](=O)[O-])cc([N+](=O)[O-])c1. The predicted molar refractivity (Wildman–Crippen MR) is 118 cm³/mol. The molecule has 0 unspecified atom stereocenters. The van der Waals surface area contributed by atoms with Gasteiger partial charge in [-0.2, -0.15) is 0 Å². The summed E-state index contributed by atoms with van der Waals surface area (Å²) < 4.78 is 0. The van der Waals surface area contributed by atoms with Crippen molar-refractivity contribution in [2.24, 2.45) is 0 Å². The van der Waals surface area contributed by atoms with E-state index in [2.05, 4.69) is 10.6 Å². The number of unbranched alkanes of at least 4 members (excludes halogenated alkanes) is 2. The van der Waals surface area contributed by atoms with Crippen molar-refractivity contribution >= 4 is 34.6 Å². The van der Waals surface area contributed by atoms with Crippen LogP contribution in [0.2, 0.25) is 0 Å². The molecular formula is C19H18N6O10. The molecule has 0 aliphatic heterocycles. The molecule has 0 atom stereocenters. The van der Waals surface area contributed by atoms with E-state index in [0.717, 1.165) is 36.4 Å². The Kier molecular flexibility index (Phi) is 8.79. The molecule has 0 saturated heterocycles. The number of rotatable bonds is 12. The lowest BCUT2D eigenvalue weighted by Gasteiger charge is -2.07. The summed E-state index contributed by atoms with van der Waals surface area (Å²) in [5.41, 5.74) is -2.82. The molecule has 16 heteroatoms. The number of non-ortho nitro benzene ring substituents is 4. The Labute approximate surface area is 195 Å². The average molecular weight is 490 g/mol. The van der Waals surface area contributed by atoms with Gasteiger partial charge in [0.1, 0.15) is 0 Å². The maximum atomic E-state index is 12.2. The molecule has 2 aromatic rings. The highest BCUT2D eigenvalue weighted by Crippen LogP contribution is 2.23. The largest absolute Gasteiger partial charge is 0.352 e. The monoisotopic (exact) mass is 490 g/mol. The molecule has 2 rings (SSSR count). The van der Waals surface area contributed by atoms with E-state index < -0.39 is 54.3 Å². The third-order valence-corrected chi connectivity index (χ3v) is 4.60. The van der Waals surface area contributed by atoms with Crippen molar-refractivity contribution in [3.05, 3.63) is 88.0 Å². The van der Waals surface area contributed by atoms with Crippen LogP contribution in [0.15, 0.2) is 36.4 Å². The van der Waals surface area contributed by atoms with Crippen molar-refractivity contribution in [1.82, 2.24) is 10.6 Å². The second-order valence-electron chi connectivity index (χ2n) is 7.08. The molecule has 0 fully saturated rings. The molecule has 0 aromatic heterocycles. The summed E-state index contributed by atoms with van der Waals surface area (Å²) >= 11 is 0. The summed E-state index contributed by atoms with van der Waals surface area (Å²) in [5.74, 6) is -1.45. The third kappa shape index (κ3) is 7.52. The highest BCUT2D eigenvalue weighted by atomic mass is 16.6. The van der Waals surface area contributed by atoms with Crippen LogP contribution in [0, 0.1) is 40.5 Å². The van der Waals surface area contributed by atoms with E-state index in [1.54, 1.807) is 0 Å². The van der Waals surface area contributed by atoms with Gasteiger partial charge in [0.25, 0.3) is 34.6 Å². The van der Waals surface area contributed by atoms with Crippen LogP contribution in [0.5, 0.6) is 0 Å². The molecule has 0 aliphatic rings. The van der Waals surface area contributed by atoms with E-state index in [9.17, 15) is 50.0 Å². The van der Waals surface area contributed by atoms with E-state index in [1.807, 2.05) is 0 Å². The standard InChI is InChI=1S/C19H18N6O10/c26-18(12-6-14(22(28)29)10-15(7-12)23(30)31)20-4-2-1-3-5-21-19(27)13-8-16(24(32)33)11-17(9-13)25(34)35/h6-11H,1-5H2,(H,20,26)(H,21,27). The van der Waals surface area contributed by atoms with Crippen LogP contribution < -0.4 is 10.6 Å². The molecule has 0 bridgehead atoms. The predicted octanol–water partition coefficient (Wildman–Crippen LogP) is 2.65. The van der Waals surface area contributed by atoms with E-state index in [-0.39, 0.29) is 24.2 Å². The van der Waals surface area contributed by atoms with Gasteiger partial charge in [-0.25, -0.2) is 0 Å². The lowest BCUT2D eigenvalue weighted by atomic mass is 10.1. The van der Waals surface area contributed by atoms with Crippen LogP contribution in [0.3, 0.4) is 0 Å². The summed E-state index contributed by atoms with van der Waals surface area (Å²) in [5, 5.41) is 48.6. The van der Waals surface area contributed by atoms with Crippen LogP contribution in [0.1, 0.15) is 40.0 Å². The highest BCUT2D eigenvalue weighted by molar-refractivity contribution is 5.96. The number of hydrogen-bond donors (Lipinski definition) is 2. The number of nitrogens with one attached hydrogen (secondary N) is 2. The van der Waals surface area contributed by atoms with Crippen LogP contribution in [-0.4, -0.2) is 44.6 Å². The molecule has 184 valence electrons. The Morgan fingerprint density at radius 3 is 1.09 bits per heavy atom. The molecule has 2 amide bonds. The summed E-state index contributed by atoms with van der Waals surface area (Å²) in [6, 6.07) is 5.20. The number of amides is 2. The van der Waals surface area contributed by atoms with Gasteiger partial charge in [-0.1, -0.05) is 0 Å². The van der Waals surface area contributed by atoms with Crippen molar-refractivity contribution in [2.45, 2.75) is 19.3 Å². The molecule has 0 spiro atoms. The first-order valence-electron chi connectivity index (χ1n) is 9.93. The molecule has 35 heavy (non-hydrogen) atoms. The van der Waals surface area contributed by atoms with Crippen LogP contribution in [-0.2, 0) is 0 Å². The molecule has 16 nitrogen and oxygen atoms in total. The molecule has 0 radical (unpaired) electrons. The van der Waals surface area contributed by atoms with Crippen LogP contribution >= 0.6 is 0 Å². The third-order valence-electron chi connectivity index (χ3n) is 4.60. The maximum absolute atomic E-state index is 12.2. The fourth-order valence-corrected chi connectivity index (χ4v) is 2.91. The zero-order chi connectivity index (χ0) is 26.1. The number of carbonyl (C=O) groups is 2. The Hall–Kier alpha value is -5.02. The minimum absolute atomic E-state index is 0.153. The number of nitro benzene ring substituents is 4. The topological polar surface area (TPSA) is 231 Å². The van der Waals surface area contributed by atoms with Gasteiger partial charge >= 0.3 is 0 Å². The first-order chi connectivity index (χ1) is 16.5. The van der Waals surface area contributed by atoms with E-state index in [1.165, 1.54) is 0 Å². The minimum atomic E-state index is -0.843.